The summed E-state index contributed by atoms with van der Waals surface area (Å²) >= 11 is 1.52. The van der Waals surface area contributed by atoms with Gasteiger partial charge in [-0.3, -0.25) is 0 Å². The van der Waals surface area contributed by atoms with Gasteiger partial charge < -0.3 is 5.32 Å². The highest BCUT2D eigenvalue weighted by molar-refractivity contribution is 7.99. The number of hydrogen-bond donors (Lipinski definition) is 1. The normalized spacial score (nSPS) is 10.7. The van der Waals surface area contributed by atoms with Crippen LogP contribution in [0.1, 0.15) is 13.3 Å². The molecule has 2 heterocycles. The summed E-state index contributed by atoms with van der Waals surface area (Å²) in [7, 11) is 0. The fraction of sp³-hybridized carbons (Fsp3) is 0.200. The smallest absolute Gasteiger partial charge is 0.130 e. The molecule has 3 rings (SSSR count). The Morgan fingerprint density at radius 3 is 2.81 bits per heavy atom. The lowest BCUT2D eigenvalue weighted by atomic mass is 10.2. The van der Waals surface area contributed by atoms with Gasteiger partial charge in [0.1, 0.15) is 28.5 Å². The second-order valence-corrected chi connectivity index (χ2v) is 5.48. The predicted octanol–water partition coefficient (Wildman–Crippen LogP) is 3.39. The van der Waals surface area contributed by atoms with E-state index in [-0.39, 0.29) is 0 Å². The molecule has 1 N–H and O–H groups in total. The van der Waals surface area contributed by atoms with Gasteiger partial charge in [-0.1, -0.05) is 25.1 Å². The Morgan fingerprint density at radius 2 is 1.90 bits per heavy atom. The molecule has 0 aliphatic rings. The van der Waals surface area contributed by atoms with E-state index in [0.717, 1.165) is 39.7 Å². The fourth-order valence-electron chi connectivity index (χ4n) is 1.91. The first-order chi connectivity index (χ1) is 10.4. The van der Waals surface area contributed by atoms with Gasteiger partial charge in [-0.2, -0.15) is 0 Å². The molecule has 0 aliphatic heterocycles. The van der Waals surface area contributed by atoms with Crippen molar-refractivity contribution in [2.75, 3.05) is 11.9 Å². The van der Waals surface area contributed by atoms with Crippen molar-refractivity contribution in [3.05, 3.63) is 43.0 Å². The van der Waals surface area contributed by atoms with E-state index in [1.807, 2.05) is 30.3 Å². The number of benzene rings is 1. The van der Waals surface area contributed by atoms with E-state index in [4.69, 9.17) is 0 Å². The molecule has 1 aromatic carbocycles. The van der Waals surface area contributed by atoms with Crippen molar-refractivity contribution in [1.29, 1.82) is 0 Å². The Bertz CT molecular complexity index is 741. The highest BCUT2D eigenvalue weighted by Crippen LogP contribution is 2.30. The van der Waals surface area contributed by atoms with Gasteiger partial charge in [0.25, 0.3) is 0 Å². The topological polar surface area (TPSA) is 63.6 Å². The molecule has 0 unspecified atom stereocenters. The summed E-state index contributed by atoms with van der Waals surface area (Å²) < 4.78 is 0. The Hall–Kier alpha value is -2.21. The molecule has 6 heteroatoms. The number of anilines is 1. The van der Waals surface area contributed by atoms with Crippen LogP contribution in [0.25, 0.3) is 10.9 Å². The van der Waals surface area contributed by atoms with Gasteiger partial charge in [0, 0.05) is 18.0 Å². The van der Waals surface area contributed by atoms with Crippen LogP contribution in [-0.2, 0) is 0 Å². The standard InChI is InChI=1S/C15H15N5S/c1-2-7-16-13-8-14(19-10-18-13)21-15-11-5-3-4-6-12(11)17-9-20-15/h3-6,8-10H,2,7H2,1H3,(H,16,18,19). The largest absolute Gasteiger partial charge is 0.370 e. The van der Waals surface area contributed by atoms with E-state index < -0.39 is 0 Å². The molecule has 0 aliphatic carbocycles. The highest BCUT2D eigenvalue weighted by atomic mass is 32.2. The third-order valence-corrected chi connectivity index (χ3v) is 3.86. The SMILES string of the molecule is CCCNc1cc(Sc2ncnc3ccccc23)ncn1. The molecule has 5 nitrogen and oxygen atoms in total. The number of para-hydroxylation sites is 1. The van der Waals surface area contributed by atoms with Gasteiger partial charge in [0.15, 0.2) is 0 Å². The first-order valence-electron chi connectivity index (χ1n) is 6.80. The second-order valence-electron chi connectivity index (χ2n) is 4.47. The molecular weight excluding hydrogens is 282 g/mol. The van der Waals surface area contributed by atoms with E-state index >= 15 is 0 Å². The number of nitrogens with zero attached hydrogens (tertiary/aromatic N) is 4. The number of rotatable bonds is 5. The Balaban J connectivity index is 1.88. The van der Waals surface area contributed by atoms with Crippen LogP contribution in [0.3, 0.4) is 0 Å². The zero-order chi connectivity index (χ0) is 14.5. The Morgan fingerprint density at radius 1 is 1.05 bits per heavy atom. The summed E-state index contributed by atoms with van der Waals surface area (Å²) in [4.78, 5) is 17.2. The molecule has 0 saturated carbocycles. The van der Waals surface area contributed by atoms with Crippen molar-refractivity contribution >= 4 is 28.5 Å². The van der Waals surface area contributed by atoms with Crippen LogP contribution in [0.2, 0.25) is 0 Å². The lowest BCUT2D eigenvalue weighted by Crippen LogP contribution is -2.02. The molecule has 0 amide bonds. The number of nitrogens with one attached hydrogen (secondary N) is 1. The van der Waals surface area contributed by atoms with Crippen molar-refractivity contribution in [3.63, 3.8) is 0 Å². The maximum absolute atomic E-state index is 4.37. The van der Waals surface area contributed by atoms with Crippen LogP contribution in [0.4, 0.5) is 5.82 Å². The van der Waals surface area contributed by atoms with Crippen molar-refractivity contribution < 1.29 is 0 Å². The lowest BCUT2D eigenvalue weighted by Gasteiger charge is -2.06. The molecule has 3 aromatic rings. The minimum Gasteiger partial charge on any atom is -0.370 e. The van der Waals surface area contributed by atoms with E-state index in [9.17, 15) is 0 Å². The third kappa shape index (κ3) is 3.28. The van der Waals surface area contributed by atoms with E-state index in [1.54, 1.807) is 12.7 Å². The number of aromatic nitrogens is 4. The van der Waals surface area contributed by atoms with Gasteiger partial charge in [0.05, 0.1) is 5.52 Å². The molecule has 21 heavy (non-hydrogen) atoms. The summed E-state index contributed by atoms with van der Waals surface area (Å²) in [6.45, 7) is 3.02. The summed E-state index contributed by atoms with van der Waals surface area (Å²) in [5.41, 5.74) is 0.938. The lowest BCUT2D eigenvalue weighted by molar-refractivity contribution is 0.952. The monoisotopic (exact) mass is 297 g/mol. The highest BCUT2D eigenvalue weighted by Gasteiger charge is 2.07. The molecule has 0 atom stereocenters. The average molecular weight is 297 g/mol. The molecule has 0 bridgehead atoms. The average Bonchev–Trinajstić information content (AvgIpc) is 2.54. The van der Waals surface area contributed by atoms with Gasteiger partial charge >= 0.3 is 0 Å². The predicted molar refractivity (Wildman–Crippen MR) is 84.5 cm³/mol. The fourth-order valence-corrected chi connectivity index (χ4v) is 2.76. The summed E-state index contributed by atoms with van der Waals surface area (Å²) in [5.74, 6) is 0.840. The number of fused-ring (bicyclic) bond motifs is 1. The third-order valence-electron chi connectivity index (χ3n) is 2.91. The van der Waals surface area contributed by atoms with E-state index in [0.29, 0.717) is 0 Å². The number of hydrogen-bond acceptors (Lipinski definition) is 6. The quantitative estimate of drug-likeness (QED) is 0.728. The van der Waals surface area contributed by atoms with Crippen molar-refractivity contribution in [2.24, 2.45) is 0 Å². The maximum Gasteiger partial charge on any atom is 0.130 e. The van der Waals surface area contributed by atoms with Gasteiger partial charge in [-0.15, -0.1) is 0 Å². The summed E-state index contributed by atoms with van der Waals surface area (Å²) in [6.07, 6.45) is 4.22. The van der Waals surface area contributed by atoms with Crippen molar-refractivity contribution in [3.8, 4) is 0 Å². The van der Waals surface area contributed by atoms with Crippen LogP contribution in [0.5, 0.6) is 0 Å². The Kier molecular flexibility index (Phi) is 4.25. The van der Waals surface area contributed by atoms with Gasteiger partial charge in [-0.05, 0) is 24.2 Å². The van der Waals surface area contributed by atoms with Crippen LogP contribution in [0.15, 0.2) is 53.0 Å². The minimum atomic E-state index is 0.840. The molecule has 0 radical (unpaired) electrons. The second kappa shape index (κ2) is 6.49. The van der Waals surface area contributed by atoms with E-state index in [2.05, 4.69) is 32.2 Å². The molecule has 0 spiro atoms. The van der Waals surface area contributed by atoms with Crippen molar-refractivity contribution in [2.45, 2.75) is 23.4 Å². The summed E-state index contributed by atoms with van der Waals surface area (Å²) in [6, 6.07) is 9.91. The first-order valence-corrected chi connectivity index (χ1v) is 7.62. The molecule has 0 fully saturated rings. The van der Waals surface area contributed by atoms with Crippen molar-refractivity contribution in [1.82, 2.24) is 19.9 Å². The molecule has 0 saturated heterocycles. The summed E-state index contributed by atoms with van der Waals surface area (Å²) in [5, 5.41) is 6.07. The zero-order valence-corrected chi connectivity index (χ0v) is 12.5. The maximum atomic E-state index is 4.37. The Labute approximate surface area is 127 Å². The minimum absolute atomic E-state index is 0.840. The molecule has 2 aromatic heterocycles. The van der Waals surface area contributed by atoms with Crippen LogP contribution in [0, 0.1) is 0 Å². The van der Waals surface area contributed by atoms with Gasteiger partial charge in [-0.25, -0.2) is 19.9 Å². The molecule has 106 valence electrons. The van der Waals surface area contributed by atoms with E-state index in [1.165, 1.54) is 11.8 Å². The first kappa shape index (κ1) is 13.8. The van der Waals surface area contributed by atoms with Gasteiger partial charge in [0.2, 0.25) is 0 Å². The van der Waals surface area contributed by atoms with Crippen LogP contribution in [-0.4, -0.2) is 26.5 Å². The van der Waals surface area contributed by atoms with Crippen LogP contribution < -0.4 is 5.32 Å². The zero-order valence-electron chi connectivity index (χ0n) is 11.7. The molecular formula is C15H15N5S. The van der Waals surface area contributed by atoms with Crippen LogP contribution >= 0.6 is 11.8 Å².